The molecule has 1 aromatic carbocycles. The summed E-state index contributed by atoms with van der Waals surface area (Å²) in [5, 5.41) is 3.31. The van der Waals surface area contributed by atoms with E-state index in [0.29, 0.717) is 18.3 Å². The number of hydrogen-bond donors (Lipinski definition) is 1. The van der Waals surface area contributed by atoms with Crippen molar-refractivity contribution in [2.45, 2.75) is 12.8 Å². The maximum absolute atomic E-state index is 12.8. The number of nitrogens with one attached hydrogen (secondary N) is 1. The van der Waals surface area contributed by atoms with Gasteiger partial charge < -0.3 is 22.5 Å². The van der Waals surface area contributed by atoms with E-state index in [0.717, 1.165) is 25.9 Å². The van der Waals surface area contributed by atoms with Crippen molar-refractivity contribution in [1.82, 2.24) is 5.32 Å². The summed E-state index contributed by atoms with van der Waals surface area (Å²) < 4.78 is 18.4. The molecule has 16 heavy (non-hydrogen) atoms. The third kappa shape index (κ3) is 3.99. The topological polar surface area (TPSA) is 21.3 Å². The van der Waals surface area contributed by atoms with Gasteiger partial charge in [0.25, 0.3) is 0 Å². The van der Waals surface area contributed by atoms with Gasteiger partial charge in [-0.2, -0.15) is 0 Å². The summed E-state index contributed by atoms with van der Waals surface area (Å²) in [6, 6.07) is 6.33. The predicted octanol–water partition coefficient (Wildman–Crippen LogP) is -0.792. The Labute approximate surface area is 102 Å². The third-order valence-electron chi connectivity index (χ3n) is 2.74. The van der Waals surface area contributed by atoms with E-state index in [2.05, 4.69) is 5.32 Å². The summed E-state index contributed by atoms with van der Waals surface area (Å²) in [7, 11) is 0. The molecule has 0 bridgehead atoms. The zero-order chi connectivity index (χ0) is 10.5. The molecular weight excluding hydrogens is 229 g/mol. The van der Waals surface area contributed by atoms with Crippen molar-refractivity contribution in [2.24, 2.45) is 5.92 Å². The molecule has 1 N–H and O–H groups in total. The molecule has 4 heteroatoms. The van der Waals surface area contributed by atoms with Crippen LogP contribution < -0.4 is 22.5 Å². The van der Waals surface area contributed by atoms with Crippen LogP contribution in [0.25, 0.3) is 0 Å². The van der Waals surface area contributed by atoms with Crippen LogP contribution in [0.2, 0.25) is 0 Å². The molecule has 1 heterocycles. The first-order valence-electron chi connectivity index (χ1n) is 5.44. The quantitative estimate of drug-likeness (QED) is 0.753. The van der Waals surface area contributed by atoms with Crippen LogP contribution in [-0.4, -0.2) is 19.7 Å². The highest BCUT2D eigenvalue weighted by atomic mass is 35.5. The molecule has 1 aliphatic rings. The zero-order valence-electron chi connectivity index (χ0n) is 9.09. The lowest BCUT2D eigenvalue weighted by atomic mass is 9.99. The SMILES string of the molecule is Fc1cccc(OCC2CCNCC2)c1.[Cl-]. The Hall–Kier alpha value is -0.800. The Morgan fingerprint density at radius 3 is 2.75 bits per heavy atom. The Balaban J connectivity index is 0.00000128. The molecule has 1 aromatic rings. The van der Waals surface area contributed by atoms with E-state index in [1.807, 2.05) is 0 Å². The van der Waals surface area contributed by atoms with Crippen molar-refractivity contribution >= 4 is 0 Å². The Kier molecular flexibility index (Phi) is 5.56. The van der Waals surface area contributed by atoms with E-state index in [4.69, 9.17) is 4.74 Å². The van der Waals surface area contributed by atoms with E-state index in [1.165, 1.54) is 12.1 Å². The average Bonchev–Trinajstić information content (AvgIpc) is 2.28. The molecule has 0 spiro atoms. The fourth-order valence-electron chi connectivity index (χ4n) is 1.82. The van der Waals surface area contributed by atoms with Crippen LogP contribution in [0.4, 0.5) is 4.39 Å². The van der Waals surface area contributed by atoms with E-state index < -0.39 is 0 Å². The Morgan fingerprint density at radius 2 is 2.06 bits per heavy atom. The first kappa shape index (κ1) is 13.3. The average molecular weight is 245 g/mol. The fraction of sp³-hybridized carbons (Fsp3) is 0.500. The van der Waals surface area contributed by atoms with E-state index >= 15 is 0 Å². The lowest BCUT2D eigenvalue weighted by Gasteiger charge is -2.22. The number of hydrogen-bond acceptors (Lipinski definition) is 2. The highest BCUT2D eigenvalue weighted by Gasteiger charge is 2.13. The minimum atomic E-state index is -0.238. The summed E-state index contributed by atoms with van der Waals surface area (Å²) in [6.45, 7) is 2.83. The van der Waals surface area contributed by atoms with Gasteiger partial charge in [-0.1, -0.05) is 6.07 Å². The smallest absolute Gasteiger partial charge is 0.126 e. The molecule has 0 unspecified atom stereocenters. The maximum Gasteiger partial charge on any atom is 0.126 e. The first-order valence-corrected chi connectivity index (χ1v) is 5.44. The van der Waals surface area contributed by atoms with Crippen LogP contribution in [0.15, 0.2) is 24.3 Å². The number of piperidine rings is 1. The Bertz CT molecular complexity index is 316. The van der Waals surface area contributed by atoms with Crippen LogP contribution in [0.1, 0.15) is 12.8 Å². The summed E-state index contributed by atoms with van der Waals surface area (Å²) in [4.78, 5) is 0. The van der Waals surface area contributed by atoms with Crippen molar-refractivity contribution in [1.29, 1.82) is 0 Å². The van der Waals surface area contributed by atoms with Crippen molar-refractivity contribution in [3.05, 3.63) is 30.1 Å². The molecule has 2 nitrogen and oxygen atoms in total. The van der Waals surface area contributed by atoms with Crippen LogP contribution in [-0.2, 0) is 0 Å². The van der Waals surface area contributed by atoms with Crippen molar-refractivity contribution < 1.29 is 21.5 Å². The monoisotopic (exact) mass is 244 g/mol. The molecular formula is C12H16ClFNO-. The number of halogens is 2. The number of rotatable bonds is 3. The van der Waals surface area contributed by atoms with Gasteiger partial charge in [0.1, 0.15) is 11.6 Å². The largest absolute Gasteiger partial charge is 1.00 e. The van der Waals surface area contributed by atoms with Crippen molar-refractivity contribution in [3.63, 3.8) is 0 Å². The molecule has 1 aliphatic heterocycles. The van der Waals surface area contributed by atoms with E-state index in [1.54, 1.807) is 12.1 Å². The second kappa shape index (κ2) is 6.71. The summed E-state index contributed by atoms with van der Waals surface area (Å²) >= 11 is 0. The lowest BCUT2D eigenvalue weighted by molar-refractivity contribution is -0.00000419. The molecule has 0 radical (unpaired) electrons. The fourth-order valence-corrected chi connectivity index (χ4v) is 1.82. The standard InChI is InChI=1S/C12H16FNO.ClH/c13-11-2-1-3-12(8-11)15-9-10-4-6-14-7-5-10;/h1-3,8,10,14H,4-7,9H2;1H/p-1. The van der Waals surface area contributed by atoms with Crippen LogP contribution in [0.5, 0.6) is 5.75 Å². The maximum atomic E-state index is 12.8. The molecule has 1 fully saturated rings. The van der Waals surface area contributed by atoms with Crippen LogP contribution in [0, 0.1) is 11.7 Å². The molecule has 0 aromatic heterocycles. The highest BCUT2D eigenvalue weighted by molar-refractivity contribution is 5.22. The van der Waals surface area contributed by atoms with E-state index in [-0.39, 0.29) is 18.2 Å². The molecule has 0 atom stereocenters. The van der Waals surface area contributed by atoms with Gasteiger partial charge in [0, 0.05) is 6.07 Å². The minimum absolute atomic E-state index is 0. The molecule has 0 saturated carbocycles. The number of benzene rings is 1. The molecule has 2 rings (SSSR count). The molecule has 0 aliphatic carbocycles. The van der Waals surface area contributed by atoms with Gasteiger partial charge in [0.2, 0.25) is 0 Å². The normalized spacial score (nSPS) is 16.6. The van der Waals surface area contributed by atoms with Gasteiger partial charge in [0.15, 0.2) is 0 Å². The van der Waals surface area contributed by atoms with Crippen LogP contribution in [0.3, 0.4) is 0 Å². The zero-order valence-corrected chi connectivity index (χ0v) is 9.84. The van der Waals surface area contributed by atoms with Crippen LogP contribution >= 0.6 is 0 Å². The highest BCUT2D eigenvalue weighted by Crippen LogP contribution is 2.16. The van der Waals surface area contributed by atoms with Crippen molar-refractivity contribution in [3.8, 4) is 5.75 Å². The predicted molar refractivity (Wildman–Crippen MR) is 57.5 cm³/mol. The van der Waals surface area contributed by atoms with Gasteiger partial charge in [-0.3, -0.25) is 0 Å². The summed E-state index contributed by atoms with van der Waals surface area (Å²) in [5.41, 5.74) is 0. The van der Waals surface area contributed by atoms with Gasteiger partial charge in [0.05, 0.1) is 6.61 Å². The van der Waals surface area contributed by atoms with Gasteiger partial charge >= 0.3 is 0 Å². The van der Waals surface area contributed by atoms with Gasteiger partial charge in [-0.05, 0) is 44.0 Å². The van der Waals surface area contributed by atoms with Gasteiger partial charge in [-0.15, -0.1) is 0 Å². The second-order valence-electron chi connectivity index (χ2n) is 3.96. The van der Waals surface area contributed by atoms with E-state index in [9.17, 15) is 4.39 Å². The first-order chi connectivity index (χ1) is 7.34. The summed E-state index contributed by atoms with van der Waals surface area (Å²) in [6.07, 6.45) is 2.30. The lowest BCUT2D eigenvalue weighted by Crippen LogP contribution is -3.00. The molecule has 0 amide bonds. The molecule has 90 valence electrons. The van der Waals surface area contributed by atoms with Gasteiger partial charge in [-0.25, -0.2) is 4.39 Å². The second-order valence-corrected chi connectivity index (χ2v) is 3.96. The van der Waals surface area contributed by atoms with Crippen molar-refractivity contribution in [2.75, 3.05) is 19.7 Å². The minimum Gasteiger partial charge on any atom is -1.00 e. The third-order valence-corrected chi connectivity index (χ3v) is 2.74. The Morgan fingerprint density at radius 1 is 1.31 bits per heavy atom. The summed E-state index contributed by atoms with van der Waals surface area (Å²) in [5.74, 6) is 1.00. The number of ether oxygens (including phenoxy) is 1. The molecule has 1 saturated heterocycles.